The van der Waals surface area contributed by atoms with Crippen molar-refractivity contribution < 1.29 is 14.1 Å². The minimum atomic E-state index is -0.136. The van der Waals surface area contributed by atoms with Gasteiger partial charge in [-0.1, -0.05) is 5.16 Å². The number of hydrogen-bond acceptors (Lipinski definition) is 8. The van der Waals surface area contributed by atoms with Gasteiger partial charge in [0.2, 0.25) is 11.8 Å². The molecule has 1 amide bonds. The molecular weight excluding hydrogens is 414 g/mol. The quantitative estimate of drug-likeness (QED) is 0.645. The first kappa shape index (κ1) is 19.9. The molecule has 3 aromatic rings. The molecule has 1 fully saturated rings. The average Bonchev–Trinajstić information content (AvgIpc) is 3.44. The van der Waals surface area contributed by atoms with Crippen molar-refractivity contribution in [3.05, 3.63) is 47.9 Å². The molecule has 31 heavy (non-hydrogen) atoms. The Morgan fingerprint density at radius 2 is 2.13 bits per heavy atom. The monoisotopic (exact) mass is 437 g/mol. The van der Waals surface area contributed by atoms with Crippen LogP contribution in [0.4, 0.5) is 11.7 Å². The number of carbonyl (C=O) groups excluding carboxylic acids is 1. The molecule has 2 aliphatic rings. The number of nitrogens with zero attached hydrogens (tertiary/aromatic N) is 4. The maximum Gasteiger partial charge on any atom is 0.235 e. The SMILES string of the molecule is COc1ccc(-c2cc(N3CCCC(C(=O)Nc4onc5c4CSC5)C3)ncn2)cc1. The summed E-state index contributed by atoms with van der Waals surface area (Å²) in [5, 5.41) is 7.02. The van der Waals surface area contributed by atoms with Crippen LogP contribution in [0.3, 0.4) is 0 Å². The third kappa shape index (κ3) is 4.10. The Morgan fingerprint density at radius 1 is 1.26 bits per heavy atom. The van der Waals surface area contributed by atoms with Crippen molar-refractivity contribution in [2.45, 2.75) is 24.3 Å². The summed E-state index contributed by atoms with van der Waals surface area (Å²) in [6.07, 6.45) is 3.34. The van der Waals surface area contributed by atoms with Gasteiger partial charge in [-0.2, -0.15) is 11.8 Å². The molecule has 2 aromatic heterocycles. The number of aromatic nitrogens is 3. The number of hydrogen-bond donors (Lipinski definition) is 1. The van der Waals surface area contributed by atoms with Crippen LogP contribution in [0, 0.1) is 5.92 Å². The van der Waals surface area contributed by atoms with Crippen molar-refractivity contribution >= 4 is 29.4 Å². The second kappa shape index (κ2) is 8.58. The topological polar surface area (TPSA) is 93.4 Å². The van der Waals surface area contributed by atoms with Crippen LogP contribution in [0.25, 0.3) is 11.3 Å². The van der Waals surface area contributed by atoms with Crippen LogP contribution in [0.5, 0.6) is 5.75 Å². The van der Waals surface area contributed by atoms with Gasteiger partial charge in [0.05, 0.1) is 30.0 Å². The van der Waals surface area contributed by atoms with Gasteiger partial charge in [-0.15, -0.1) is 0 Å². The molecule has 0 bridgehead atoms. The lowest BCUT2D eigenvalue weighted by Crippen LogP contribution is -2.41. The van der Waals surface area contributed by atoms with E-state index in [1.165, 1.54) is 0 Å². The molecule has 0 radical (unpaired) electrons. The Labute approximate surface area is 184 Å². The fourth-order valence-corrected chi connectivity index (χ4v) is 5.03. The van der Waals surface area contributed by atoms with E-state index in [1.54, 1.807) is 25.2 Å². The van der Waals surface area contributed by atoms with Gasteiger partial charge >= 0.3 is 0 Å². The maximum atomic E-state index is 12.9. The van der Waals surface area contributed by atoms with Gasteiger partial charge in [-0.3, -0.25) is 10.1 Å². The lowest BCUT2D eigenvalue weighted by molar-refractivity contribution is -0.120. The van der Waals surface area contributed by atoms with Crippen molar-refractivity contribution in [1.29, 1.82) is 0 Å². The van der Waals surface area contributed by atoms with Gasteiger partial charge in [-0.05, 0) is 37.1 Å². The van der Waals surface area contributed by atoms with Gasteiger partial charge in [0, 0.05) is 36.2 Å². The first-order chi connectivity index (χ1) is 15.2. The van der Waals surface area contributed by atoms with Crippen LogP contribution in [0.1, 0.15) is 24.1 Å². The van der Waals surface area contributed by atoms with Gasteiger partial charge < -0.3 is 14.2 Å². The molecule has 1 N–H and O–H groups in total. The summed E-state index contributed by atoms with van der Waals surface area (Å²) >= 11 is 1.78. The van der Waals surface area contributed by atoms with Gasteiger partial charge in [0.25, 0.3) is 0 Å². The fourth-order valence-electron chi connectivity index (χ4n) is 4.01. The normalized spacial score (nSPS) is 18.0. The minimum absolute atomic E-state index is 0.0232. The van der Waals surface area contributed by atoms with E-state index < -0.39 is 0 Å². The number of amides is 1. The summed E-state index contributed by atoms with van der Waals surface area (Å²) in [6.45, 7) is 1.47. The minimum Gasteiger partial charge on any atom is -0.497 e. The Kier molecular flexibility index (Phi) is 5.50. The van der Waals surface area contributed by atoms with E-state index in [0.717, 1.165) is 65.0 Å². The number of benzene rings is 1. The summed E-state index contributed by atoms with van der Waals surface area (Å²) in [5.41, 5.74) is 3.80. The van der Waals surface area contributed by atoms with Crippen LogP contribution in [0.15, 0.2) is 41.2 Å². The number of piperidine rings is 1. The number of anilines is 2. The largest absolute Gasteiger partial charge is 0.497 e. The summed E-state index contributed by atoms with van der Waals surface area (Å²) in [4.78, 5) is 24.0. The number of nitrogens with one attached hydrogen (secondary N) is 1. The molecule has 160 valence electrons. The molecule has 1 saturated heterocycles. The lowest BCUT2D eigenvalue weighted by atomic mass is 9.97. The first-order valence-corrected chi connectivity index (χ1v) is 11.4. The second-order valence-electron chi connectivity index (χ2n) is 7.69. The third-order valence-corrected chi connectivity index (χ3v) is 6.72. The van der Waals surface area contributed by atoms with Crippen molar-refractivity contribution in [2.75, 3.05) is 30.4 Å². The molecule has 1 atom stereocenters. The zero-order valence-corrected chi connectivity index (χ0v) is 18.0. The van der Waals surface area contributed by atoms with Crippen LogP contribution >= 0.6 is 11.8 Å². The van der Waals surface area contributed by atoms with Crippen molar-refractivity contribution in [2.24, 2.45) is 5.92 Å². The number of ether oxygens (including phenoxy) is 1. The zero-order chi connectivity index (χ0) is 21.2. The third-order valence-electron chi connectivity index (χ3n) is 5.75. The van der Waals surface area contributed by atoms with Crippen molar-refractivity contribution in [3.63, 3.8) is 0 Å². The van der Waals surface area contributed by atoms with Crippen LogP contribution < -0.4 is 15.0 Å². The number of rotatable bonds is 5. The highest BCUT2D eigenvalue weighted by molar-refractivity contribution is 7.98. The smallest absolute Gasteiger partial charge is 0.235 e. The number of thioether (sulfide) groups is 1. The van der Waals surface area contributed by atoms with E-state index in [9.17, 15) is 4.79 Å². The molecule has 0 saturated carbocycles. The Bertz CT molecular complexity index is 1090. The summed E-state index contributed by atoms with van der Waals surface area (Å²) in [7, 11) is 1.65. The Hall–Kier alpha value is -3.07. The zero-order valence-electron chi connectivity index (χ0n) is 17.2. The van der Waals surface area contributed by atoms with E-state index in [2.05, 4.69) is 25.3 Å². The molecule has 0 aliphatic carbocycles. The van der Waals surface area contributed by atoms with Gasteiger partial charge in [0.1, 0.15) is 17.9 Å². The molecule has 4 heterocycles. The fraction of sp³-hybridized carbons (Fsp3) is 0.364. The molecule has 1 unspecified atom stereocenters. The number of carbonyl (C=O) groups is 1. The highest BCUT2D eigenvalue weighted by Crippen LogP contribution is 2.35. The van der Waals surface area contributed by atoms with E-state index >= 15 is 0 Å². The maximum absolute atomic E-state index is 12.9. The van der Waals surface area contributed by atoms with E-state index in [4.69, 9.17) is 9.26 Å². The number of fused-ring (bicyclic) bond motifs is 1. The standard InChI is InChI=1S/C22H23N5O3S/c1-29-16-6-4-14(5-7-16)18-9-20(24-13-23-18)27-8-2-3-15(10-27)21(28)25-22-17-11-31-12-19(17)26-30-22/h4-7,9,13,15H,2-3,8,10-12H2,1H3,(H,25,28). The summed E-state index contributed by atoms with van der Waals surface area (Å²) in [6, 6.07) is 9.76. The molecule has 2 aliphatic heterocycles. The van der Waals surface area contributed by atoms with Crippen molar-refractivity contribution in [3.8, 4) is 17.0 Å². The van der Waals surface area contributed by atoms with E-state index in [0.29, 0.717) is 12.4 Å². The Balaban J connectivity index is 1.29. The van der Waals surface area contributed by atoms with E-state index in [-0.39, 0.29) is 11.8 Å². The second-order valence-corrected chi connectivity index (χ2v) is 8.68. The molecule has 8 nitrogen and oxygen atoms in total. The molecule has 9 heteroatoms. The summed E-state index contributed by atoms with van der Waals surface area (Å²) in [5.74, 6) is 3.66. The predicted molar refractivity (Wildman–Crippen MR) is 119 cm³/mol. The average molecular weight is 438 g/mol. The first-order valence-electron chi connectivity index (χ1n) is 10.3. The summed E-state index contributed by atoms with van der Waals surface area (Å²) < 4.78 is 10.6. The van der Waals surface area contributed by atoms with E-state index in [1.807, 2.05) is 30.3 Å². The van der Waals surface area contributed by atoms with Crippen LogP contribution in [-0.2, 0) is 16.3 Å². The van der Waals surface area contributed by atoms with Crippen LogP contribution in [0.2, 0.25) is 0 Å². The van der Waals surface area contributed by atoms with Crippen LogP contribution in [-0.4, -0.2) is 41.2 Å². The predicted octanol–water partition coefficient (Wildman–Crippen LogP) is 3.74. The van der Waals surface area contributed by atoms with Crippen molar-refractivity contribution in [1.82, 2.24) is 15.1 Å². The Morgan fingerprint density at radius 3 is 2.97 bits per heavy atom. The molecular formula is C22H23N5O3S. The highest BCUT2D eigenvalue weighted by Gasteiger charge is 2.29. The molecule has 5 rings (SSSR count). The highest BCUT2D eigenvalue weighted by atomic mass is 32.2. The lowest BCUT2D eigenvalue weighted by Gasteiger charge is -2.32. The van der Waals surface area contributed by atoms with Gasteiger partial charge in [0.15, 0.2) is 0 Å². The molecule has 0 spiro atoms. The number of methoxy groups -OCH3 is 1. The molecule has 1 aromatic carbocycles. The van der Waals surface area contributed by atoms with Gasteiger partial charge in [-0.25, -0.2) is 9.97 Å².